The number of thiazole rings is 1. The minimum absolute atomic E-state index is 0.120. The summed E-state index contributed by atoms with van der Waals surface area (Å²) in [5.41, 5.74) is 1.38. The highest BCUT2D eigenvalue weighted by atomic mass is 32.1. The zero-order chi connectivity index (χ0) is 22.0. The minimum Gasteiger partial charge on any atom is -0.396 e. The molecular weight excluding hydrogens is 417 g/mol. The number of aliphatic hydroxyl groups excluding tert-OH is 1. The van der Waals surface area contributed by atoms with Crippen LogP contribution in [0.3, 0.4) is 0 Å². The Morgan fingerprint density at radius 3 is 2.94 bits per heavy atom. The zero-order valence-electron chi connectivity index (χ0n) is 17.1. The van der Waals surface area contributed by atoms with Crippen molar-refractivity contribution in [3.8, 4) is 10.6 Å². The lowest BCUT2D eigenvalue weighted by atomic mass is 9.99. The van der Waals surface area contributed by atoms with E-state index in [0.29, 0.717) is 46.6 Å². The molecule has 0 aliphatic carbocycles. The van der Waals surface area contributed by atoms with Crippen LogP contribution >= 0.6 is 11.3 Å². The predicted octanol–water partition coefficient (Wildman–Crippen LogP) is 3.27. The number of amides is 1. The van der Waals surface area contributed by atoms with Gasteiger partial charge in [0, 0.05) is 38.9 Å². The van der Waals surface area contributed by atoms with E-state index < -0.39 is 5.95 Å². The van der Waals surface area contributed by atoms with E-state index >= 15 is 0 Å². The number of halogens is 1. The van der Waals surface area contributed by atoms with Crippen molar-refractivity contribution in [1.82, 2.24) is 14.9 Å². The lowest BCUT2D eigenvalue weighted by Gasteiger charge is -2.32. The predicted molar refractivity (Wildman–Crippen MR) is 119 cm³/mol. The molecule has 0 spiro atoms. The molecule has 0 radical (unpaired) electrons. The van der Waals surface area contributed by atoms with Crippen molar-refractivity contribution >= 4 is 29.3 Å². The number of nitrogens with one attached hydrogen (secondary N) is 1. The third-order valence-corrected chi connectivity index (χ3v) is 6.74. The van der Waals surface area contributed by atoms with Gasteiger partial charge >= 0.3 is 0 Å². The Kier molecular flexibility index (Phi) is 6.24. The number of carbonyl (C=O) groups is 1. The Morgan fingerprint density at radius 2 is 2.23 bits per heavy atom. The number of nitrogens with zero attached hydrogens (tertiary/aromatic N) is 4. The molecule has 0 saturated carbocycles. The molecule has 7 nitrogen and oxygen atoms in total. The lowest BCUT2D eigenvalue weighted by Crippen LogP contribution is -2.37. The molecule has 2 N–H and O–H groups in total. The Bertz CT molecular complexity index is 1050. The van der Waals surface area contributed by atoms with Gasteiger partial charge in [0.15, 0.2) is 0 Å². The molecule has 2 aromatic heterocycles. The maximum atomic E-state index is 14.9. The van der Waals surface area contributed by atoms with Crippen LogP contribution in [0, 0.1) is 17.3 Å². The Hall–Kier alpha value is -2.91. The van der Waals surface area contributed by atoms with E-state index in [1.54, 1.807) is 18.2 Å². The number of rotatable bonds is 6. The third-order valence-electron chi connectivity index (χ3n) is 5.62. The highest BCUT2D eigenvalue weighted by Gasteiger charge is 2.31. The van der Waals surface area contributed by atoms with Gasteiger partial charge in [0.05, 0.1) is 17.0 Å². The van der Waals surface area contributed by atoms with Gasteiger partial charge in [-0.05, 0) is 37.0 Å². The normalized spacial score (nSPS) is 19.4. The van der Waals surface area contributed by atoms with Crippen LogP contribution in [-0.4, -0.2) is 58.3 Å². The minimum atomic E-state index is -0.620. The van der Waals surface area contributed by atoms with Gasteiger partial charge in [-0.1, -0.05) is 12.7 Å². The van der Waals surface area contributed by atoms with Gasteiger partial charge in [-0.15, -0.1) is 11.3 Å². The topological polar surface area (TPSA) is 93.4 Å². The number of fused-ring (bicyclic) bond motifs is 1. The maximum Gasteiger partial charge on any atom is 0.270 e. The van der Waals surface area contributed by atoms with Crippen molar-refractivity contribution < 1.29 is 14.3 Å². The van der Waals surface area contributed by atoms with Gasteiger partial charge in [-0.3, -0.25) is 4.79 Å². The second-order valence-electron chi connectivity index (χ2n) is 7.62. The maximum absolute atomic E-state index is 14.9. The van der Waals surface area contributed by atoms with E-state index in [4.69, 9.17) is 5.41 Å². The van der Waals surface area contributed by atoms with E-state index in [-0.39, 0.29) is 24.0 Å². The summed E-state index contributed by atoms with van der Waals surface area (Å²) in [5.74, 6) is -0.132. The first-order valence-corrected chi connectivity index (χ1v) is 11.0. The molecule has 0 aromatic carbocycles. The van der Waals surface area contributed by atoms with Crippen LogP contribution in [-0.2, 0) is 6.42 Å². The van der Waals surface area contributed by atoms with E-state index in [0.717, 1.165) is 36.9 Å². The fourth-order valence-corrected chi connectivity index (χ4v) is 5.09. The van der Waals surface area contributed by atoms with Crippen molar-refractivity contribution in [2.75, 3.05) is 31.1 Å². The standard InChI is InChI=1S/C22H24FN5O2S/c1-2-4-15(11-24)28-10-8-17-19(22(28)30)31-21(25-17)16-6-7-18(26-20(16)23)27-9-3-5-14(12-27)13-29/h2,4,6-7,11,14,24,29H,1,3,5,8-10,12-13H2/b15-4+,24-11?/t14-/m0/s1. The molecule has 2 aromatic rings. The van der Waals surface area contributed by atoms with Crippen LogP contribution < -0.4 is 4.90 Å². The largest absolute Gasteiger partial charge is 0.396 e. The fraction of sp³-hybridized carbons (Fsp3) is 0.364. The third kappa shape index (κ3) is 4.15. The Balaban J connectivity index is 1.59. The monoisotopic (exact) mass is 441 g/mol. The number of aromatic nitrogens is 2. The second-order valence-corrected chi connectivity index (χ2v) is 8.62. The summed E-state index contributed by atoms with van der Waals surface area (Å²) in [6.07, 6.45) is 6.70. The Labute approximate surface area is 184 Å². The molecule has 1 fully saturated rings. The molecule has 4 heterocycles. The number of hydrogen-bond donors (Lipinski definition) is 2. The quantitative estimate of drug-likeness (QED) is 0.408. The van der Waals surface area contributed by atoms with E-state index in [1.807, 2.05) is 4.90 Å². The van der Waals surface area contributed by atoms with Gasteiger partial charge < -0.3 is 20.3 Å². The molecule has 2 aliphatic rings. The molecule has 1 amide bonds. The molecule has 9 heteroatoms. The van der Waals surface area contributed by atoms with Crippen molar-refractivity contribution in [2.24, 2.45) is 5.92 Å². The van der Waals surface area contributed by atoms with Gasteiger partial charge in [0.25, 0.3) is 5.91 Å². The number of piperidine rings is 1. The summed E-state index contributed by atoms with van der Waals surface area (Å²) >= 11 is 1.15. The smallest absolute Gasteiger partial charge is 0.270 e. The van der Waals surface area contributed by atoms with Crippen LogP contribution in [0.2, 0.25) is 0 Å². The summed E-state index contributed by atoms with van der Waals surface area (Å²) in [4.78, 5) is 25.6. The first kappa shape index (κ1) is 21.3. The van der Waals surface area contributed by atoms with Gasteiger partial charge in [-0.2, -0.15) is 4.39 Å². The molecule has 1 atom stereocenters. The highest BCUT2D eigenvalue weighted by molar-refractivity contribution is 7.17. The number of aliphatic hydroxyl groups is 1. The Morgan fingerprint density at radius 1 is 1.39 bits per heavy atom. The molecule has 0 bridgehead atoms. The van der Waals surface area contributed by atoms with Crippen LogP contribution in [0.5, 0.6) is 0 Å². The van der Waals surface area contributed by atoms with E-state index in [1.165, 1.54) is 11.0 Å². The molecular formula is C22H24FN5O2S. The average Bonchev–Trinajstić information content (AvgIpc) is 3.23. The SMILES string of the molecule is C=C/C=C(\C=N)N1CCc2nc(-c3ccc(N4CCC[C@H](CO)C4)nc3F)sc2C1=O. The molecule has 4 rings (SSSR count). The zero-order valence-corrected chi connectivity index (χ0v) is 17.9. The second kappa shape index (κ2) is 9.07. The molecule has 162 valence electrons. The van der Waals surface area contributed by atoms with Crippen LogP contribution in [0.4, 0.5) is 10.2 Å². The van der Waals surface area contributed by atoms with Crippen LogP contribution in [0.25, 0.3) is 10.6 Å². The molecule has 2 aliphatic heterocycles. The van der Waals surface area contributed by atoms with E-state index in [9.17, 15) is 14.3 Å². The van der Waals surface area contributed by atoms with Crippen LogP contribution in [0.1, 0.15) is 28.2 Å². The van der Waals surface area contributed by atoms with Gasteiger partial charge in [0.2, 0.25) is 5.95 Å². The van der Waals surface area contributed by atoms with Gasteiger partial charge in [0.1, 0.15) is 15.7 Å². The van der Waals surface area contributed by atoms with Crippen molar-refractivity contribution in [3.63, 3.8) is 0 Å². The number of anilines is 1. The van der Waals surface area contributed by atoms with Crippen molar-refractivity contribution in [1.29, 1.82) is 5.41 Å². The van der Waals surface area contributed by atoms with E-state index in [2.05, 4.69) is 16.5 Å². The number of carbonyl (C=O) groups excluding carboxylic acids is 1. The van der Waals surface area contributed by atoms with Gasteiger partial charge in [-0.25, -0.2) is 9.97 Å². The lowest BCUT2D eigenvalue weighted by molar-refractivity contribution is 0.0805. The summed E-state index contributed by atoms with van der Waals surface area (Å²) in [6.45, 7) is 5.59. The molecule has 1 saturated heterocycles. The molecule has 31 heavy (non-hydrogen) atoms. The number of hydrogen-bond acceptors (Lipinski definition) is 7. The summed E-state index contributed by atoms with van der Waals surface area (Å²) < 4.78 is 14.9. The first-order valence-electron chi connectivity index (χ1n) is 10.2. The first-order chi connectivity index (χ1) is 15.0. The average molecular weight is 442 g/mol. The fourth-order valence-electron chi connectivity index (χ4n) is 4.01. The number of pyridine rings is 1. The van der Waals surface area contributed by atoms with Crippen molar-refractivity contribution in [3.05, 3.63) is 53.1 Å². The number of allylic oxidation sites excluding steroid dienone is 3. The summed E-state index contributed by atoms with van der Waals surface area (Å²) in [5, 5.41) is 17.4. The summed E-state index contributed by atoms with van der Waals surface area (Å²) in [7, 11) is 0. The van der Waals surface area contributed by atoms with Crippen molar-refractivity contribution in [2.45, 2.75) is 19.3 Å². The highest BCUT2D eigenvalue weighted by Crippen LogP contribution is 2.34. The van der Waals surface area contributed by atoms with Crippen LogP contribution in [0.15, 0.2) is 36.6 Å². The molecule has 0 unspecified atom stereocenters. The summed E-state index contributed by atoms with van der Waals surface area (Å²) in [6, 6.07) is 3.43.